The van der Waals surface area contributed by atoms with Crippen LogP contribution in [0.2, 0.25) is 5.02 Å². The molecule has 2 rings (SSSR count). The molecular formula is C25H34ClN3O4S. The first-order valence-corrected chi connectivity index (χ1v) is 13.3. The molecule has 0 aromatic heterocycles. The van der Waals surface area contributed by atoms with E-state index in [4.69, 9.17) is 11.6 Å². The van der Waals surface area contributed by atoms with Crippen LogP contribution in [0.25, 0.3) is 0 Å². The first-order chi connectivity index (χ1) is 15.8. The van der Waals surface area contributed by atoms with Crippen LogP contribution in [0, 0.1) is 0 Å². The molecule has 0 bridgehead atoms. The molecule has 34 heavy (non-hydrogen) atoms. The molecule has 0 spiro atoms. The van der Waals surface area contributed by atoms with Gasteiger partial charge in [-0.1, -0.05) is 69.6 Å². The second kappa shape index (κ2) is 11.2. The van der Waals surface area contributed by atoms with Gasteiger partial charge in [-0.25, -0.2) is 8.42 Å². The largest absolute Gasteiger partial charge is 0.357 e. The van der Waals surface area contributed by atoms with E-state index in [0.717, 1.165) is 16.1 Å². The average molecular weight is 508 g/mol. The van der Waals surface area contributed by atoms with Crippen LogP contribution in [0.3, 0.4) is 0 Å². The highest BCUT2D eigenvalue weighted by atomic mass is 35.5. The van der Waals surface area contributed by atoms with Gasteiger partial charge in [0.1, 0.15) is 12.6 Å². The van der Waals surface area contributed by atoms with Gasteiger partial charge in [-0.15, -0.1) is 0 Å². The summed E-state index contributed by atoms with van der Waals surface area (Å²) in [4.78, 5) is 27.5. The van der Waals surface area contributed by atoms with Gasteiger partial charge in [-0.2, -0.15) is 0 Å². The van der Waals surface area contributed by atoms with Crippen molar-refractivity contribution in [1.29, 1.82) is 0 Å². The second-order valence-electron chi connectivity index (χ2n) is 9.22. The number of anilines is 1. The summed E-state index contributed by atoms with van der Waals surface area (Å²) in [6, 6.07) is 13.4. The van der Waals surface area contributed by atoms with Crippen LogP contribution < -0.4 is 9.62 Å². The molecule has 1 unspecified atom stereocenters. The smallest absolute Gasteiger partial charge is 0.244 e. The summed E-state index contributed by atoms with van der Waals surface area (Å²) in [6.07, 6.45) is 1.42. The normalized spacial score (nSPS) is 12.7. The minimum absolute atomic E-state index is 0.0744. The van der Waals surface area contributed by atoms with Gasteiger partial charge in [0.2, 0.25) is 21.8 Å². The number of carbonyl (C=O) groups is 2. The summed E-state index contributed by atoms with van der Waals surface area (Å²) in [7, 11) is -2.27. The van der Waals surface area contributed by atoms with E-state index in [1.807, 2.05) is 12.1 Å². The van der Waals surface area contributed by atoms with Crippen molar-refractivity contribution in [2.75, 3.05) is 24.2 Å². The van der Waals surface area contributed by atoms with Crippen molar-refractivity contribution in [3.05, 3.63) is 64.7 Å². The number of nitrogens with one attached hydrogen (secondary N) is 1. The first kappa shape index (κ1) is 27.7. The molecule has 2 aromatic carbocycles. The molecule has 0 radical (unpaired) electrons. The number of sulfonamides is 1. The third-order valence-corrected chi connectivity index (χ3v) is 7.14. The Labute approximate surface area is 208 Å². The van der Waals surface area contributed by atoms with Crippen LogP contribution in [0.4, 0.5) is 5.69 Å². The van der Waals surface area contributed by atoms with E-state index in [1.54, 1.807) is 43.3 Å². The standard InChI is InChI=1S/C25H34ClN3O4S/c1-7-22(24(31)27-5)28(16-18-10-8-9-11-21(18)26)23(30)17-29(34(6,32)33)20-14-12-19(13-15-20)25(2,3)4/h8-15,22H,7,16-17H2,1-6H3,(H,27,31). The molecule has 0 aliphatic rings. The molecule has 1 atom stereocenters. The molecule has 0 aliphatic carbocycles. The summed E-state index contributed by atoms with van der Waals surface area (Å²) >= 11 is 6.32. The van der Waals surface area contributed by atoms with Crippen molar-refractivity contribution in [3.63, 3.8) is 0 Å². The van der Waals surface area contributed by atoms with Gasteiger partial charge in [0.15, 0.2) is 0 Å². The fraction of sp³-hybridized carbons (Fsp3) is 0.440. The molecule has 186 valence electrons. The van der Waals surface area contributed by atoms with Crippen molar-refractivity contribution in [1.82, 2.24) is 10.2 Å². The Morgan fingerprint density at radius 1 is 1.06 bits per heavy atom. The highest BCUT2D eigenvalue weighted by molar-refractivity contribution is 7.92. The topological polar surface area (TPSA) is 86.8 Å². The molecule has 0 aliphatic heterocycles. The Kier molecular flexibility index (Phi) is 9.14. The Morgan fingerprint density at radius 2 is 1.65 bits per heavy atom. The van der Waals surface area contributed by atoms with Gasteiger partial charge in [0, 0.05) is 18.6 Å². The Morgan fingerprint density at radius 3 is 2.12 bits per heavy atom. The van der Waals surface area contributed by atoms with Gasteiger partial charge >= 0.3 is 0 Å². The first-order valence-electron chi connectivity index (χ1n) is 11.1. The van der Waals surface area contributed by atoms with Crippen LogP contribution in [0.15, 0.2) is 48.5 Å². The maximum Gasteiger partial charge on any atom is 0.244 e. The third-order valence-electron chi connectivity index (χ3n) is 5.63. The molecule has 0 fully saturated rings. The van der Waals surface area contributed by atoms with Gasteiger partial charge < -0.3 is 10.2 Å². The van der Waals surface area contributed by atoms with E-state index in [0.29, 0.717) is 22.7 Å². The van der Waals surface area contributed by atoms with Crippen LogP contribution in [-0.4, -0.2) is 51.0 Å². The molecule has 9 heteroatoms. The van der Waals surface area contributed by atoms with E-state index in [9.17, 15) is 18.0 Å². The summed E-state index contributed by atoms with van der Waals surface area (Å²) in [6.45, 7) is 7.63. The van der Waals surface area contributed by atoms with E-state index < -0.39 is 28.5 Å². The fourth-order valence-electron chi connectivity index (χ4n) is 3.64. The van der Waals surface area contributed by atoms with Crippen molar-refractivity contribution in [2.45, 2.75) is 52.1 Å². The van der Waals surface area contributed by atoms with Gasteiger partial charge in [-0.05, 0) is 41.2 Å². The molecule has 2 amide bonds. The lowest BCUT2D eigenvalue weighted by atomic mass is 9.87. The minimum atomic E-state index is -3.77. The fourth-order valence-corrected chi connectivity index (χ4v) is 4.68. The van der Waals surface area contributed by atoms with Gasteiger partial charge in [-0.3, -0.25) is 13.9 Å². The van der Waals surface area contributed by atoms with Gasteiger partial charge in [0.25, 0.3) is 0 Å². The monoisotopic (exact) mass is 507 g/mol. The lowest BCUT2D eigenvalue weighted by molar-refractivity contribution is -0.140. The number of halogens is 1. The highest BCUT2D eigenvalue weighted by Gasteiger charge is 2.31. The van der Waals surface area contributed by atoms with Crippen molar-refractivity contribution >= 4 is 39.1 Å². The molecule has 0 saturated carbocycles. The number of nitrogens with zero attached hydrogens (tertiary/aromatic N) is 2. The third kappa shape index (κ3) is 6.96. The minimum Gasteiger partial charge on any atom is -0.357 e. The lowest BCUT2D eigenvalue weighted by Crippen LogP contribution is -2.51. The zero-order valence-corrected chi connectivity index (χ0v) is 22.2. The molecular weight excluding hydrogens is 474 g/mol. The van der Waals surface area contributed by atoms with E-state index >= 15 is 0 Å². The highest BCUT2D eigenvalue weighted by Crippen LogP contribution is 2.26. The molecule has 2 aromatic rings. The number of likely N-dealkylation sites (N-methyl/N-ethyl adjacent to an activating group) is 1. The molecule has 1 N–H and O–H groups in total. The van der Waals surface area contributed by atoms with E-state index in [-0.39, 0.29) is 17.9 Å². The molecule has 0 saturated heterocycles. The zero-order chi connectivity index (χ0) is 25.7. The average Bonchev–Trinajstić information content (AvgIpc) is 2.76. The maximum atomic E-state index is 13.5. The number of amides is 2. The summed E-state index contributed by atoms with van der Waals surface area (Å²) < 4.78 is 26.4. The Bertz CT molecular complexity index is 1110. The molecule has 7 nitrogen and oxygen atoms in total. The van der Waals surface area contributed by atoms with Crippen LogP contribution in [0.5, 0.6) is 0 Å². The predicted molar refractivity (Wildman–Crippen MR) is 137 cm³/mol. The van der Waals surface area contributed by atoms with Crippen molar-refractivity contribution in [2.24, 2.45) is 0 Å². The predicted octanol–water partition coefficient (Wildman–Crippen LogP) is 3.96. The number of hydrogen-bond donors (Lipinski definition) is 1. The Hall–Kier alpha value is -2.58. The van der Waals surface area contributed by atoms with Gasteiger partial charge in [0.05, 0.1) is 11.9 Å². The lowest BCUT2D eigenvalue weighted by Gasteiger charge is -2.33. The number of rotatable bonds is 9. The summed E-state index contributed by atoms with van der Waals surface area (Å²) in [5, 5.41) is 3.05. The van der Waals surface area contributed by atoms with Crippen LogP contribution in [-0.2, 0) is 31.6 Å². The maximum absolute atomic E-state index is 13.5. The van der Waals surface area contributed by atoms with Crippen LogP contribution in [0.1, 0.15) is 45.2 Å². The summed E-state index contributed by atoms with van der Waals surface area (Å²) in [5.41, 5.74) is 2.00. The van der Waals surface area contributed by atoms with Crippen LogP contribution >= 0.6 is 11.6 Å². The van der Waals surface area contributed by atoms with Crippen molar-refractivity contribution in [3.8, 4) is 0 Å². The second-order valence-corrected chi connectivity index (χ2v) is 11.5. The number of hydrogen-bond acceptors (Lipinski definition) is 4. The van der Waals surface area contributed by atoms with E-state index in [2.05, 4.69) is 26.1 Å². The Balaban J connectivity index is 2.44. The SMILES string of the molecule is CCC(C(=O)NC)N(Cc1ccccc1Cl)C(=O)CN(c1ccc(C(C)(C)C)cc1)S(C)(=O)=O. The number of benzene rings is 2. The number of carbonyl (C=O) groups excluding carboxylic acids is 2. The van der Waals surface area contributed by atoms with E-state index in [1.165, 1.54) is 11.9 Å². The quantitative estimate of drug-likeness (QED) is 0.556. The summed E-state index contributed by atoms with van der Waals surface area (Å²) in [5.74, 6) is -0.830. The van der Waals surface area contributed by atoms with Crippen molar-refractivity contribution < 1.29 is 18.0 Å². The molecule has 0 heterocycles. The zero-order valence-electron chi connectivity index (χ0n) is 20.6.